The second-order valence-corrected chi connectivity index (χ2v) is 4.41. The molecule has 0 aromatic heterocycles. The van der Waals surface area contributed by atoms with E-state index in [9.17, 15) is 53.1 Å². The van der Waals surface area contributed by atoms with Gasteiger partial charge < -0.3 is 0 Å². The van der Waals surface area contributed by atoms with Gasteiger partial charge in [-0.05, 0) is 0 Å². The number of Topliss-reactive ketones (excluding diaryl/α,β-unsaturated/α-hetero) is 1. The molecule has 114 valence electrons. The molecule has 0 aromatic rings. The van der Waals surface area contributed by atoms with Crippen LogP contribution in [0, 0.1) is 0 Å². The molecule has 0 radical (unpaired) electrons. The van der Waals surface area contributed by atoms with Crippen LogP contribution in [0.2, 0.25) is 0 Å². The SMILES string of the molecule is O=C(C(F)(F)C(F)(F)I)C(F)(C(F)(F)F)C(F)(F)F. The van der Waals surface area contributed by atoms with Gasteiger partial charge in [-0.2, -0.15) is 43.9 Å². The normalized spacial score (nSPS) is 15.6. The fourth-order valence-corrected chi connectivity index (χ4v) is 1.01. The lowest BCUT2D eigenvalue weighted by Crippen LogP contribution is -2.65. The largest absolute Gasteiger partial charge is 0.439 e. The first-order valence-corrected chi connectivity index (χ1v) is 4.80. The van der Waals surface area contributed by atoms with Gasteiger partial charge in [-0.3, -0.25) is 4.79 Å². The second kappa shape index (κ2) is 4.58. The van der Waals surface area contributed by atoms with E-state index in [0.29, 0.717) is 0 Å². The summed E-state index contributed by atoms with van der Waals surface area (Å²) in [6.07, 6.45) is -14.3. The molecular weight excluding hydrogens is 424 g/mol. The molecule has 0 unspecified atom stereocenters. The molecule has 0 aromatic carbocycles. The lowest BCUT2D eigenvalue weighted by atomic mass is 9.94. The highest BCUT2D eigenvalue weighted by molar-refractivity contribution is 14.1. The third kappa shape index (κ3) is 2.89. The molecule has 0 rings (SSSR count). The average Bonchev–Trinajstić information content (AvgIpc) is 2.09. The predicted octanol–water partition coefficient (Wildman–Crippen LogP) is 4.05. The summed E-state index contributed by atoms with van der Waals surface area (Å²) in [5.74, 6) is -11.1. The van der Waals surface area contributed by atoms with Gasteiger partial charge in [-0.15, -0.1) is 0 Å². The molecule has 0 aliphatic heterocycles. The average molecular weight is 424 g/mol. The van der Waals surface area contributed by atoms with E-state index in [1.54, 1.807) is 0 Å². The van der Waals surface area contributed by atoms with Crippen molar-refractivity contribution in [3.63, 3.8) is 0 Å². The summed E-state index contributed by atoms with van der Waals surface area (Å²) in [6.45, 7) is 0. The van der Waals surface area contributed by atoms with E-state index in [1.165, 1.54) is 0 Å². The topological polar surface area (TPSA) is 17.1 Å². The van der Waals surface area contributed by atoms with Crippen LogP contribution in [0.25, 0.3) is 0 Å². The first-order chi connectivity index (χ1) is 7.90. The monoisotopic (exact) mass is 424 g/mol. The van der Waals surface area contributed by atoms with Crippen molar-refractivity contribution in [2.75, 3.05) is 0 Å². The minimum atomic E-state index is -7.17. The molecule has 0 aliphatic carbocycles. The van der Waals surface area contributed by atoms with Crippen molar-refractivity contribution in [3.8, 4) is 0 Å². The van der Waals surface area contributed by atoms with Gasteiger partial charge in [0.05, 0.1) is 0 Å². The first-order valence-electron chi connectivity index (χ1n) is 3.72. The molecule has 1 nitrogen and oxygen atoms in total. The van der Waals surface area contributed by atoms with Crippen LogP contribution in [0.15, 0.2) is 0 Å². The molecule has 0 spiro atoms. The third-order valence-electron chi connectivity index (χ3n) is 1.74. The number of halogens is 12. The van der Waals surface area contributed by atoms with Crippen LogP contribution < -0.4 is 0 Å². The quantitative estimate of drug-likeness (QED) is 0.380. The van der Waals surface area contributed by atoms with E-state index in [4.69, 9.17) is 0 Å². The van der Waals surface area contributed by atoms with Crippen molar-refractivity contribution in [2.24, 2.45) is 0 Å². The highest BCUT2D eigenvalue weighted by Crippen LogP contribution is 2.52. The van der Waals surface area contributed by atoms with E-state index in [2.05, 4.69) is 0 Å². The van der Waals surface area contributed by atoms with Gasteiger partial charge >= 0.3 is 27.9 Å². The smallest absolute Gasteiger partial charge is 0.288 e. The van der Waals surface area contributed by atoms with Crippen molar-refractivity contribution < 1.29 is 53.1 Å². The number of ketones is 1. The van der Waals surface area contributed by atoms with Gasteiger partial charge in [0, 0.05) is 22.6 Å². The summed E-state index contributed by atoms with van der Waals surface area (Å²) in [7, 11) is 0. The van der Waals surface area contributed by atoms with Crippen molar-refractivity contribution in [2.45, 2.75) is 27.9 Å². The Labute approximate surface area is 110 Å². The van der Waals surface area contributed by atoms with Gasteiger partial charge in [0.2, 0.25) is 0 Å². The molecule has 0 saturated heterocycles. The number of hydrogen-bond donors (Lipinski definition) is 0. The second-order valence-electron chi connectivity index (χ2n) is 3.06. The van der Waals surface area contributed by atoms with E-state index in [0.717, 1.165) is 0 Å². The Morgan fingerprint density at radius 3 is 1.11 bits per heavy atom. The standard InChI is InChI=1S/C6F11IO/c7-2(4(10,11)12,5(13,14)15)1(19)3(8,9)6(16,17)18. The Kier molecular flexibility index (Phi) is 4.49. The Morgan fingerprint density at radius 1 is 0.684 bits per heavy atom. The van der Waals surface area contributed by atoms with Crippen LogP contribution in [0.4, 0.5) is 48.3 Å². The van der Waals surface area contributed by atoms with Crippen LogP contribution in [0.5, 0.6) is 0 Å². The molecule has 0 heterocycles. The highest BCUT2D eigenvalue weighted by Gasteiger charge is 2.83. The minimum Gasteiger partial charge on any atom is -0.288 e. The lowest BCUT2D eigenvalue weighted by molar-refractivity contribution is -0.332. The molecular formula is C6F11IO. The molecule has 0 atom stereocenters. The maximum Gasteiger partial charge on any atom is 0.439 e. The molecule has 0 N–H and O–H groups in total. The fourth-order valence-electron chi connectivity index (χ4n) is 0.763. The third-order valence-corrected chi connectivity index (χ3v) is 2.41. The Balaban J connectivity index is 6.06. The zero-order valence-corrected chi connectivity index (χ0v) is 10.1. The van der Waals surface area contributed by atoms with Gasteiger partial charge in [-0.1, -0.05) is 0 Å². The van der Waals surface area contributed by atoms with Gasteiger partial charge in [0.1, 0.15) is 0 Å². The number of hydrogen-bond acceptors (Lipinski definition) is 1. The summed E-state index contributed by atoms with van der Waals surface area (Å²) < 4.78 is 128. The molecule has 0 amide bonds. The highest BCUT2D eigenvalue weighted by atomic mass is 127. The van der Waals surface area contributed by atoms with E-state index in [-0.39, 0.29) is 0 Å². The van der Waals surface area contributed by atoms with Crippen molar-refractivity contribution >= 4 is 28.4 Å². The summed E-state index contributed by atoms with van der Waals surface area (Å²) in [6, 6.07) is 0. The van der Waals surface area contributed by atoms with Crippen LogP contribution in [0.1, 0.15) is 0 Å². The van der Waals surface area contributed by atoms with Gasteiger partial charge in [0.25, 0.3) is 5.78 Å². The zero-order chi connectivity index (χ0) is 16.1. The maximum atomic E-state index is 12.8. The van der Waals surface area contributed by atoms with Crippen molar-refractivity contribution in [3.05, 3.63) is 0 Å². The summed E-state index contributed by atoms with van der Waals surface area (Å²) in [5.41, 5.74) is -7.10. The number of carbonyl (C=O) groups excluding carboxylic acids is 1. The minimum absolute atomic E-state index is 0.575. The summed E-state index contributed by atoms with van der Waals surface area (Å²) >= 11 is -0.575. The zero-order valence-electron chi connectivity index (χ0n) is 7.94. The van der Waals surface area contributed by atoms with Crippen LogP contribution in [-0.2, 0) is 4.79 Å². The molecule has 13 heteroatoms. The van der Waals surface area contributed by atoms with E-state index in [1.807, 2.05) is 0 Å². The van der Waals surface area contributed by atoms with Crippen molar-refractivity contribution in [1.29, 1.82) is 0 Å². The molecule has 0 aliphatic rings. The molecule has 0 bridgehead atoms. The van der Waals surface area contributed by atoms with Gasteiger partial charge in [0.15, 0.2) is 0 Å². The van der Waals surface area contributed by atoms with Gasteiger partial charge in [-0.25, -0.2) is 4.39 Å². The number of rotatable bonds is 3. The number of carbonyl (C=O) groups is 1. The Bertz CT molecular complexity index is 347. The van der Waals surface area contributed by atoms with Crippen LogP contribution >= 0.6 is 22.6 Å². The van der Waals surface area contributed by atoms with Crippen molar-refractivity contribution in [1.82, 2.24) is 0 Å². The van der Waals surface area contributed by atoms with Crippen LogP contribution in [0.3, 0.4) is 0 Å². The Hall–Kier alpha value is -0.370. The Morgan fingerprint density at radius 2 is 0.947 bits per heavy atom. The molecule has 19 heavy (non-hydrogen) atoms. The van der Waals surface area contributed by atoms with E-state index >= 15 is 0 Å². The van der Waals surface area contributed by atoms with E-state index < -0.39 is 56.2 Å². The lowest BCUT2D eigenvalue weighted by Gasteiger charge is -2.32. The first kappa shape index (κ1) is 18.6. The fraction of sp³-hybridized carbons (Fsp3) is 0.833. The number of alkyl halides is 12. The predicted molar refractivity (Wildman–Crippen MR) is 44.9 cm³/mol. The summed E-state index contributed by atoms with van der Waals surface area (Å²) in [5, 5.41) is 0. The van der Waals surface area contributed by atoms with Crippen LogP contribution in [-0.4, -0.2) is 33.7 Å². The maximum absolute atomic E-state index is 12.8. The molecule has 0 saturated carbocycles. The molecule has 0 fully saturated rings. The summed E-state index contributed by atoms with van der Waals surface area (Å²) in [4.78, 5) is 10.4.